The molecule has 0 N–H and O–H groups in total. The van der Waals surface area contributed by atoms with Crippen LogP contribution in [-0.4, -0.2) is 38.5 Å². The number of ether oxygens (including phenoxy) is 1. The minimum absolute atomic E-state index is 0.0567. The predicted molar refractivity (Wildman–Crippen MR) is 99.9 cm³/mol. The van der Waals surface area contributed by atoms with Gasteiger partial charge in [-0.3, -0.25) is 19.2 Å². The van der Waals surface area contributed by atoms with Crippen LogP contribution in [-0.2, 0) is 16.4 Å². The van der Waals surface area contributed by atoms with Gasteiger partial charge in [-0.1, -0.05) is 0 Å². The number of hydrogen-bond donors (Lipinski definition) is 0. The molecule has 1 aliphatic rings. The Morgan fingerprint density at radius 3 is 2.56 bits per heavy atom. The van der Waals surface area contributed by atoms with Gasteiger partial charge in [0.25, 0.3) is 5.69 Å². The molecule has 27 heavy (non-hydrogen) atoms. The SMILES string of the molecule is CS(=O)(=O)N1CCCc2cc(C(=O)COc3ccc([N+](=O)[O-])cc3)ccc21. The number of non-ortho nitro benzene ring substituents is 1. The fourth-order valence-electron chi connectivity index (χ4n) is 2.98. The van der Waals surface area contributed by atoms with Crippen molar-refractivity contribution in [2.75, 3.05) is 23.7 Å². The van der Waals surface area contributed by atoms with E-state index in [1.54, 1.807) is 18.2 Å². The number of hydrogen-bond acceptors (Lipinski definition) is 6. The van der Waals surface area contributed by atoms with E-state index in [4.69, 9.17) is 4.74 Å². The summed E-state index contributed by atoms with van der Waals surface area (Å²) >= 11 is 0. The standard InChI is InChI=1S/C18H18N2O6S/c1-27(24,25)19-10-2-3-13-11-14(4-9-17(13)19)18(21)12-26-16-7-5-15(6-8-16)20(22)23/h4-9,11H,2-3,10,12H2,1H3. The number of sulfonamides is 1. The van der Waals surface area contributed by atoms with Crippen LogP contribution in [0.2, 0.25) is 0 Å². The first kappa shape index (κ1) is 18.8. The topological polar surface area (TPSA) is 107 Å². The number of ketones is 1. The fourth-order valence-corrected chi connectivity index (χ4v) is 3.97. The smallest absolute Gasteiger partial charge is 0.269 e. The molecule has 0 amide bonds. The van der Waals surface area contributed by atoms with Crippen LogP contribution in [0.3, 0.4) is 0 Å². The van der Waals surface area contributed by atoms with Crippen molar-refractivity contribution < 1.29 is 22.9 Å². The number of nitro groups is 1. The molecular weight excluding hydrogens is 372 g/mol. The van der Waals surface area contributed by atoms with Gasteiger partial charge in [0.1, 0.15) is 5.75 Å². The Labute approximate surface area is 156 Å². The molecular formula is C18H18N2O6S. The molecule has 0 aliphatic carbocycles. The van der Waals surface area contributed by atoms with Crippen molar-refractivity contribution in [3.05, 3.63) is 63.7 Å². The zero-order valence-electron chi connectivity index (χ0n) is 14.6. The van der Waals surface area contributed by atoms with E-state index < -0.39 is 14.9 Å². The molecule has 0 unspecified atom stereocenters. The van der Waals surface area contributed by atoms with Crippen LogP contribution < -0.4 is 9.04 Å². The zero-order valence-corrected chi connectivity index (χ0v) is 15.4. The quantitative estimate of drug-likeness (QED) is 0.426. The second kappa shape index (κ2) is 7.36. The molecule has 0 radical (unpaired) electrons. The molecule has 142 valence electrons. The van der Waals surface area contributed by atoms with Crippen LogP contribution in [0, 0.1) is 10.1 Å². The summed E-state index contributed by atoms with van der Waals surface area (Å²) in [6.45, 7) is 0.217. The van der Waals surface area contributed by atoms with E-state index in [2.05, 4.69) is 0 Å². The summed E-state index contributed by atoms with van der Waals surface area (Å²) in [6, 6.07) is 10.4. The average molecular weight is 390 g/mol. The molecule has 2 aromatic carbocycles. The van der Waals surface area contributed by atoms with Gasteiger partial charge in [-0.2, -0.15) is 0 Å². The lowest BCUT2D eigenvalue weighted by atomic mass is 9.99. The molecule has 0 spiro atoms. The number of carbonyl (C=O) groups excluding carboxylic acids is 1. The summed E-state index contributed by atoms with van der Waals surface area (Å²) in [7, 11) is -3.35. The number of benzene rings is 2. The lowest BCUT2D eigenvalue weighted by molar-refractivity contribution is -0.384. The van der Waals surface area contributed by atoms with E-state index >= 15 is 0 Å². The zero-order chi connectivity index (χ0) is 19.6. The third kappa shape index (κ3) is 4.25. The Morgan fingerprint density at radius 2 is 1.93 bits per heavy atom. The second-order valence-corrected chi connectivity index (χ2v) is 8.15. The first-order valence-corrected chi connectivity index (χ1v) is 10.1. The van der Waals surface area contributed by atoms with Crippen molar-refractivity contribution in [2.45, 2.75) is 12.8 Å². The largest absolute Gasteiger partial charge is 0.485 e. The second-order valence-electron chi connectivity index (χ2n) is 6.25. The summed E-state index contributed by atoms with van der Waals surface area (Å²) in [6.07, 6.45) is 2.56. The van der Waals surface area contributed by atoms with Gasteiger partial charge >= 0.3 is 0 Å². The van der Waals surface area contributed by atoms with E-state index in [0.29, 0.717) is 36.4 Å². The predicted octanol–water partition coefficient (Wildman–Crippen LogP) is 2.57. The van der Waals surface area contributed by atoms with Crippen molar-refractivity contribution >= 4 is 27.2 Å². The number of carbonyl (C=O) groups is 1. The number of anilines is 1. The molecule has 0 atom stereocenters. The van der Waals surface area contributed by atoms with Gasteiger partial charge < -0.3 is 4.74 Å². The molecule has 2 aromatic rings. The first-order valence-electron chi connectivity index (χ1n) is 8.27. The number of fused-ring (bicyclic) bond motifs is 1. The maximum atomic E-state index is 12.4. The number of nitro benzene ring substituents is 1. The maximum Gasteiger partial charge on any atom is 0.269 e. The van der Waals surface area contributed by atoms with Crippen LogP contribution in [0.5, 0.6) is 5.75 Å². The maximum absolute atomic E-state index is 12.4. The fraction of sp³-hybridized carbons (Fsp3) is 0.278. The van der Waals surface area contributed by atoms with Gasteiger partial charge in [0.2, 0.25) is 10.0 Å². The molecule has 9 heteroatoms. The van der Waals surface area contributed by atoms with Gasteiger partial charge in [-0.15, -0.1) is 0 Å². The monoisotopic (exact) mass is 390 g/mol. The Hall–Kier alpha value is -2.94. The van der Waals surface area contributed by atoms with Crippen LogP contribution in [0.1, 0.15) is 22.3 Å². The average Bonchev–Trinajstić information content (AvgIpc) is 2.64. The van der Waals surface area contributed by atoms with Crippen molar-refractivity contribution in [2.24, 2.45) is 0 Å². The van der Waals surface area contributed by atoms with Crippen LogP contribution >= 0.6 is 0 Å². The lowest BCUT2D eigenvalue weighted by Crippen LogP contribution is -2.34. The van der Waals surface area contributed by atoms with E-state index in [0.717, 1.165) is 5.56 Å². The molecule has 8 nitrogen and oxygen atoms in total. The molecule has 0 saturated carbocycles. The Balaban J connectivity index is 1.71. The number of aryl methyl sites for hydroxylation is 1. The van der Waals surface area contributed by atoms with E-state index in [9.17, 15) is 23.3 Å². The number of nitrogens with zero attached hydrogens (tertiary/aromatic N) is 2. The molecule has 0 aromatic heterocycles. The highest BCUT2D eigenvalue weighted by Crippen LogP contribution is 2.30. The summed E-state index contributed by atoms with van der Waals surface area (Å²) in [5, 5.41) is 10.6. The molecule has 0 bridgehead atoms. The van der Waals surface area contributed by atoms with Crippen LogP contribution in [0.15, 0.2) is 42.5 Å². The van der Waals surface area contributed by atoms with Crippen LogP contribution in [0.4, 0.5) is 11.4 Å². The van der Waals surface area contributed by atoms with Gasteiger partial charge in [0.15, 0.2) is 12.4 Å². The number of Topliss-reactive ketones (excluding diaryl/α,β-unsaturated/α-hetero) is 1. The first-order chi connectivity index (χ1) is 12.8. The highest BCUT2D eigenvalue weighted by Gasteiger charge is 2.24. The molecule has 0 fully saturated rings. The third-order valence-corrected chi connectivity index (χ3v) is 5.48. The third-order valence-electron chi connectivity index (χ3n) is 4.30. The van der Waals surface area contributed by atoms with Gasteiger partial charge in [-0.25, -0.2) is 8.42 Å². The Bertz CT molecular complexity index is 985. The summed E-state index contributed by atoms with van der Waals surface area (Å²) in [5.74, 6) is 0.0998. The Morgan fingerprint density at radius 1 is 1.22 bits per heavy atom. The van der Waals surface area contributed by atoms with Gasteiger partial charge in [0.05, 0.1) is 16.9 Å². The summed E-state index contributed by atoms with van der Waals surface area (Å²) < 4.78 is 30.5. The van der Waals surface area contributed by atoms with Crippen LogP contribution in [0.25, 0.3) is 0 Å². The van der Waals surface area contributed by atoms with Crippen molar-refractivity contribution in [3.63, 3.8) is 0 Å². The molecule has 3 rings (SSSR count). The normalized spacial score (nSPS) is 13.7. The molecule has 0 saturated heterocycles. The van der Waals surface area contributed by atoms with Crippen molar-refractivity contribution in [1.82, 2.24) is 0 Å². The summed E-state index contributed by atoms with van der Waals surface area (Å²) in [5.41, 5.74) is 1.80. The molecule has 1 heterocycles. The highest BCUT2D eigenvalue weighted by molar-refractivity contribution is 7.92. The summed E-state index contributed by atoms with van der Waals surface area (Å²) in [4.78, 5) is 22.5. The van der Waals surface area contributed by atoms with E-state index in [-0.39, 0.29) is 18.1 Å². The van der Waals surface area contributed by atoms with Crippen molar-refractivity contribution in [1.29, 1.82) is 0 Å². The minimum atomic E-state index is -3.35. The van der Waals surface area contributed by atoms with E-state index in [1.165, 1.54) is 34.8 Å². The lowest BCUT2D eigenvalue weighted by Gasteiger charge is -2.29. The van der Waals surface area contributed by atoms with E-state index in [1.807, 2.05) is 0 Å². The van der Waals surface area contributed by atoms with Gasteiger partial charge in [-0.05, 0) is 48.7 Å². The number of rotatable bonds is 6. The Kier molecular flexibility index (Phi) is 5.13. The van der Waals surface area contributed by atoms with Gasteiger partial charge in [0, 0.05) is 24.2 Å². The minimum Gasteiger partial charge on any atom is -0.485 e. The highest BCUT2D eigenvalue weighted by atomic mass is 32.2. The molecule has 1 aliphatic heterocycles. The van der Waals surface area contributed by atoms with Crippen molar-refractivity contribution in [3.8, 4) is 5.75 Å².